The molecule has 0 radical (unpaired) electrons. The largest absolute Gasteiger partial charge is 1.00 e. The molecule has 0 spiro atoms. The highest BCUT2D eigenvalue weighted by molar-refractivity contribution is 7.79. The molecule has 2 fully saturated rings. The first kappa shape index (κ1) is 35.7. The molecule has 2 atom stereocenters. The van der Waals surface area contributed by atoms with Crippen LogP contribution in [0.4, 0.5) is 0 Å². The summed E-state index contributed by atoms with van der Waals surface area (Å²) in [4.78, 5) is 64.0. The number of ether oxygens (including phenoxy) is 2. The van der Waals surface area contributed by atoms with Crippen molar-refractivity contribution in [1.29, 1.82) is 0 Å². The Hall–Kier alpha value is -3.73. The zero-order valence-corrected chi connectivity index (χ0v) is 27.1. The smallest absolute Gasteiger partial charge is 0.325 e. The molecule has 14 heteroatoms. The number of likely N-dealkylation sites (tertiary alicyclic amines) is 1. The number of rotatable bonds is 12. The summed E-state index contributed by atoms with van der Waals surface area (Å²) in [5.74, 6) is -2.67. The quantitative estimate of drug-likeness (QED) is 0.163. The van der Waals surface area contributed by atoms with Crippen LogP contribution in [0.2, 0.25) is 0 Å². The monoisotopic (exact) mass is 662 g/mol. The van der Waals surface area contributed by atoms with Gasteiger partial charge >= 0.3 is 11.9 Å². The van der Waals surface area contributed by atoms with Crippen molar-refractivity contribution in [2.45, 2.75) is 51.4 Å². The van der Waals surface area contributed by atoms with E-state index in [2.05, 4.69) is 10.6 Å². The zero-order chi connectivity index (χ0) is 31.7. The summed E-state index contributed by atoms with van der Waals surface area (Å²) >= 11 is 0. The number of esters is 2. The number of nitrogens with zero attached hydrogens (tertiary/aromatic N) is 1. The number of nitrogens with two attached hydrogens (primary N) is 1. The molecule has 3 amide bonds. The van der Waals surface area contributed by atoms with Crippen LogP contribution < -0.4 is 39.0 Å². The van der Waals surface area contributed by atoms with Gasteiger partial charge in [0.2, 0.25) is 0 Å². The number of amides is 3. The van der Waals surface area contributed by atoms with E-state index in [1.54, 1.807) is 67.3 Å². The van der Waals surface area contributed by atoms with E-state index in [1.165, 1.54) is 0 Å². The van der Waals surface area contributed by atoms with Crippen molar-refractivity contribution in [3.05, 3.63) is 59.7 Å². The molecule has 4 N–H and O–H groups in total. The van der Waals surface area contributed by atoms with Crippen LogP contribution in [0, 0.1) is 0 Å². The molecule has 2 heterocycles. The Kier molecular flexibility index (Phi) is 13.1. The van der Waals surface area contributed by atoms with Crippen molar-refractivity contribution in [2.75, 3.05) is 39.4 Å². The first-order valence-electron chi connectivity index (χ1n) is 15.0. The average molecular weight is 663 g/mol. The second kappa shape index (κ2) is 16.5. The predicted octanol–water partition coefficient (Wildman–Crippen LogP) is -2.74. The molecule has 0 saturated carbocycles. The lowest BCUT2D eigenvalue weighted by Crippen LogP contribution is -3.00. The third-order valence-corrected chi connectivity index (χ3v) is 11.3. The Bertz CT molecular complexity index is 1330. The number of hydrogen-bond acceptors (Lipinski definition) is 8. The van der Waals surface area contributed by atoms with Crippen LogP contribution in [0.25, 0.3) is 0 Å². The lowest BCUT2D eigenvalue weighted by molar-refractivity contribution is -0.658. The summed E-state index contributed by atoms with van der Waals surface area (Å²) < 4.78 is 25.1. The summed E-state index contributed by atoms with van der Waals surface area (Å²) in [6.07, 6.45) is 2.97. The van der Waals surface area contributed by atoms with Crippen LogP contribution >= 0.6 is 7.14 Å². The highest BCUT2D eigenvalue weighted by Gasteiger charge is 2.47. The van der Waals surface area contributed by atoms with Gasteiger partial charge in [-0.2, -0.15) is 0 Å². The molecule has 45 heavy (non-hydrogen) atoms. The van der Waals surface area contributed by atoms with E-state index in [-0.39, 0.29) is 61.8 Å². The Balaban J connectivity index is 0.00000552. The van der Waals surface area contributed by atoms with Gasteiger partial charge < -0.3 is 47.3 Å². The first-order chi connectivity index (χ1) is 21.2. The summed E-state index contributed by atoms with van der Waals surface area (Å²) in [5, 5.41) is 8.01. The third kappa shape index (κ3) is 8.51. The maximum atomic E-state index is 15.4. The maximum Gasteiger partial charge on any atom is 0.325 e. The highest BCUT2D eigenvalue weighted by atomic mass is 35.5. The standard InChI is InChI=1S/C31H39N4O8P.ClH/c1-3-42-27(36)19-33-29(38)21-9-13-23(14-10-21)44(41,26-8-6-18-35(26)31(40)25-7-5-17-32-25)24-15-11-22(12-16-24)30(39)34-20-28(37)43-4-2;/h9-16,25-26,32H,3-8,17-20H2,1-2H3,(H,33,38)(H,34,39);1H/t25-,26?;/m0./s1. The molecule has 2 aliphatic rings. The third-order valence-electron chi connectivity index (χ3n) is 7.83. The topological polar surface area (TPSA) is 165 Å². The Labute approximate surface area is 268 Å². The Morgan fingerprint density at radius 2 is 1.29 bits per heavy atom. The molecule has 0 aliphatic carbocycles. The number of halogens is 1. The molecule has 2 aromatic rings. The predicted molar refractivity (Wildman–Crippen MR) is 162 cm³/mol. The maximum absolute atomic E-state index is 15.4. The van der Waals surface area contributed by atoms with Crippen LogP contribution in [0.1, 0.15) is 60.2 Å². The number of carbonyl (C=O) groups is 5. The van der Waals surface area contributed by atoms with Crippen molar-refractivity contribution in [2.24, 2.45) is 0 Å². The van der Waals surface area contributed by atoms with Crippen molar-refractivity contribution in [3.63, 3.8) is 0 Å². The molecular formula is C31H40ClN4O8P. The van der Waals surface area contributed by atoms with Crippen LogP contribution in [-0.4, -0.2) is 85.8 Å². The van der Waals surface area contributed by atoms with E-state index in [4.69, 9.17) is 9.47 Å². The van der Waals surface area contributed by atoms with E-state index < -0.39 is 36.7 Å². The van der Waals surface area contributed by atoms with Gasteiger partial charge in [-0.15, -0.1) is 0 Å². The van der Waals surface area contributed by atoms with Gasteiger partial charge in [0, 0.05) is 41.1 Å². The van der Waals surface area contributed by atoms with Crippen LogP contribution in [0.3, 0.4) is 0 Å². The molecule has 0 bridgehead atoms. The molecular weight excluding hydrogens is 623 g/mol. The van der Waals surface area contributed by atoms with Crippen molar-refractivity contribution in [3.8, 4) is 0 Å². The minimum Gasteiger partial charge on any atom is -1.00 e. The fraction of sp³-hybridized carbons (Fsp3) is 0.452. The van der Waals surface area contributed by atoms with Crippen molar-refractivity contribution in [1.82, 2.24) is 15.5 Å². The van der Waals surface area contributed by atoms with Gasteiger partial charge in [-0.3, -0.25) is 24.0 Å². The molecule has 2 aromatic carbocycles. The summed E-state index contributed by atoms with van der Waals surface area (Å²) in [6, 6.07) is 12.5. The highest BCUT2D eigenvalue weighted by Crippen LogP contribution is 2.53. The van der Waals surface area contributed by atoms with Crippen molar-refractivity contribution >= 4 is 47.4 Å². The van der Waals surface area contributed by atoms with Gasteiger partial charge in [-0.1, -0.05) is 24.3 Å². The Morgan fingerprint density at radius 1 is 0.800 bits per heavy atom. The lowest BCUT2D eigenvalue weighted by Gasteiger charge is -2.33. The van der Waals surface area contributed by atoms with Gasteiger partial charge in [0.1, 0.15) is 13.1 Å². The van der Waals surface area contributed by atoms with Crippen molar-refractivity contribution < 1.29 is 55.7 Å². The molecule has 2 aliphatic heterocycles. The molecule has 244 valence electrons. The number of benzene rings is 2. The average Bonchev–Trinajstić information content (AvgIpc) is 3.76. The normalized spacial score (nSPS) is 17.6. The number of carbonyl (C=O) groups excluding carboxylic acids is 5. The minimum absolute atomic E-state index is 0. The molecule has 1 unspecified atom stereocenters. The van der Waals surface area contributed by atoms with Gasteiger partial charge in [-0.25, -0.2) is 0 Å². The second-order valence-electron chi connectivity index (χ2n) is 10.7. The van der Waals surface area contributed by atoms with E-state index in [1.807, 2.05) is 5.32 Å². The molecule has 0 aromatic heterocycles. The van der Waals surface area contributed by atoms with E-state index >= 15 is 4.57 Å². The first-order valence-corrected chi connectivity index (χ1v) is 16.8. The van der Waals surface area contributed by atoms with Gasteiger partial charge in [0.25, 0.3) is 17.7 Å². The zero-order valence-electron chi connectivity index (χ0n) is 25.5. The molecule has 4 rings (SSSR count). The summed E-state index contributed by atoms with van der Waals surface area (Å²) in [7, 11) is -3.52. The van der Waals surface area contributed by atoms with Gasteiger partial charge in [0.15, 0.2) is 13.2 Å². The summed E-state index contributed by atoms with van der Waals surface area (Å²) in [6.45, 7) is 4.60. The van der Waals surface area contributed by atoms with Crippen LogP contribution in [0.5, 0.6) is 0 Å². The van der Waals surface area contributed by atoms with Crippen LogP contribution in [0.15, 0.2) is 48.5 Å². The number of hydrogen-bond donors (Lipinski definition) is 3. The fourth-order valence-electron chi connectivity index (χ4n) is 5.69. The summed E-state index contributed by atoms with van der Waals surface area (Å²) in [5.41, 5.74) is 0.552. The number of quaternary nitrogens is 1. The fourth-order valence-corrected chi connectivity index (χ4v) is 9.03. The molecule has 12 nitrogen and oxygen atoms in total. The van der Waals surface area contributed by atoms with Crippen LogP contribution in [-0.2, 0) is 28.4 Å². The van der Waals surface area contributed by atoms with E-state index in [0.29, 0.717) is 30.0 Å². The van der Waals surface area contributed by atoms with E-state index in [9.17, 15) is 24.0 Å². The lowest BCUT2D eigenvalue weighted by atomic mass is 10.2. The van der Waals surface area contributed by atoms with Gasteiger partial charge in [0.05, 0.1) is 25.5 Å². The SMILES string of the molecule is CCOC(=O)CNC(=O)c1ccc(P(=O)(c2ccc(C(=O)NCC(=O)OCC)cc2)C2CCCN2C(=O)[C@@H]2CCC[NH2+]2)cc1.[Cl-]. The molecule has 2 saturated heterocycles. The Morgan fingerprint density at radius 3 is 1.71 bits per heavy atom. The van der Waals surface area contributed by atoms with E-state index in [0.717, 1.165) is 19.4 Å². The van der Waals surface area contributed by atoms with Gasteiger partial charge in [-0.05, 0) is 51.0 Å². The second-order valence-corrected chi connectivity index (χ2v) is 13.6. The minimum atomic E-state index is -3.52. The number of nitrogens with one attached hydrogen (secondary N) is 2.